The highest BCUT2D eigenvalue weighted by Gasteiger charge is 2.14. The fourth-order valence-electron chi connectivity index (χ4n) is 1.41. The molecule has 1 atom stereocenters. The van der Waals surface area contributed by atoms with Crippen molar-refractivity contribution >= 4 is 26.0 Å². The minimum Gasteiger partial charge on any atom is -0.214 e. The molecule has 0 amide bonds. The molecule has 102 valence electrons. The molecule has 0 saturated heterocycles. The number of sulfonamides is 1. The topological polar surface area (TPSA) is 46.2 Å². The normalized spacial score (nSPS) is 13.8. The summed E-state index contributed by atoms with van der Waals surface area (Å²) in [7, 11) is -3.19. The van der Waals surface area contributed by atoms with Gasteiger partial charge >= 0.3 is 0 Å². The van der Waals surface area contributed by atoms with Crippen molar-refractivity contribution in [3.8, 4) is 0 Å². The van der Waals surface area contributed by atoms with Crippen LogP contribution in [0.5, 0.6) is 0 Å². The molecule has 3 nitrogen and oxygen atoms in total. The Morgan fingerprint density at radius 1 is 1.22 bits per heavy atom. The average molecular weight is 334 g/mol. The molecule has 5 heteroatoms. The Bertz CT molecular complexity index is 445. The first-order valence-corrected chi connectivity index (χ1v) is 8.63. The van der Waals surface area contributed by atoms with Gasteiger partial charge in [-0.25, -0.2) is 13.1 Å². The van der Waals surface area contributed by atoms with Gasteiger partial charge in [0.05, 0.1) is 5.75 Å². The van der Waals surface area contributed by atoms with Gasteiger partial charge in [0.1, 0.15) is 0 Å². The maximum Gasteiger partial charge on any atom is 0.211 e. The molecule has 0 aliphatic rings. The summed E-state index contributed by atoms with van der Waals surface area (Å²) < 4.78 is 26.2. The number of aryl methyl sites for hydroxylation is 1. The molecule has 0 radical (unpaired) electrons. The van der Waals surface area contributed by atoms with Crippen molar-refractivity contribution in [2.75, 3.05) is 12.3 Å². The first kappa shape index (κ1) is 15.7. The minimum atomic E-state index is -3.19. The van der Waals surface area contributed by atoms with Crippen LogP contribution in [-0.4, -0.2) is 25.5 Å². The predicted octanol–water partition coefficient (Wildman–Crippen LogP) is 2.57. The van der Waals surface area contributed by atoms with E-state index in [-0.39, 0.29) is 10.6 Å². The predicted molar refractivity (Wildman–Crippen MR) is 79.5 cm³/mol. The number of alkyl halides is 1. The third kappa shape index (κ3) is 5.98. The zero-order valence-corrected chi connectivity index (χ0v) is 13.2. The average Bonchev–Trinajstić information content (AvgIpc) is 2.35. The summed E-state index contributed by atoms with van der Waals surface area (Å²) in [5, 5.41) is 0. The summed E-state index contributed by atoms with van der Waals surface area (Å²) in [5.41, 5.74) is 1.04. The van der Waals surface area contributed by atoms with Crippen molar-refractivity contribution in [2.45, 2.75) is 25.1 Å². The van der Waals surface area contributed by atoms with Crippen molar-refractivity contribution < 1.29 is 8.42 Å². The Hall–Kier alpha value is -0.390. The van der Waals surface area contributed by atoms with Gasteiger partial charge in [0.15, 0.2) is 0 Å². The van der Waals surface area contributed by atoms with E-state index in [0.29, 0.717) is 18.9 Å². The molecule has 18 heavy (non-hydrogen) atoms. The van der Waals surface area contributed by atoms with Gasteiger partial charge in [0.2, 0.25) is 10.0 Å². The third-order valence-corrected chi connectivity index (χ3v) is 5.45. The zero-order chi connectivity index (χ0) is 13.6. The first-order valence-electron chi connectivity index (χ1n) is 6.06. The second-order valence-electron chi connectivity index (χ2n) is 4.66. The minimum absolute atomic E-state index is 0.134. The van der Waals surface area contributed by atoms with Gasteiger partial charge in [-0.15, -0.1) is 0 Å². The summed E-state index contributed by atoms with van der Waals surface area (Å²) in [6.45, 7) is 4.55. The zero-order valence-electron chi connectivity index (χ0n) is 10.8. The van der Waals surface area contributed by atoms with Gasteiger partial charge in [-0.1, -0.05) is 60.1 Å². The number of rotatable bonds is 7. The largest absolute Gasteiger partial charge is 0.214 e. The van der Waals surface area contributed by atoms with Crippen LogP contribution < -0.4 is 4.72 Å². The molecular formula is C13H20BrNO2S. The summed E-state index contributed by atoms with van der Waals surface area (Å²) in [5.74, 6) is 0.538. The fourth-order valence-corrected chi connectivity index (χ4v) is 2.87. The van der Waals surface area contributed by atoms with Crippen LogP contribution in [0.2, 0.25) is 0 Å². The highest BCUT2D eigenvalue weighted by molar-refractivity contribution is 9.09. The van der Waals surface area contributed by atoms with E-state index in [2.05, 4.69) is 34.5 Å². The molecule has 1 N–H and O–H groups in total. The van der Waals surface area contributed by atoms with Gasteiger partial charge < -0.3 is 0 Å². The lowest BCUT2D eigenvalue weighted by Crippen LogP contribution is -2.33. The maximum atomic E-state index is 11.8. The maximum absolute atomic E-state index is 11.8. The highest BCUT2D eigenvalue weighted by atomic mass is 79.9. The number of nitrogens with one attached hydrogen (secondary N) is 1. The molecule has 0 aromatic heterocycles. The van der Waals surface area contributed by atoms with Gasteiger partial charge in [0.25, 0.3) is 0 Å². The number of hydrogen-bond donors (Lipinski definition) is 1. The summed E-state index contributed by atoms with van der Waals surface area (Å²) >= 11 is 3.46. The van der Waals surface area contributed by atoms with Crippen LogP contribution in [0.15, 0.2) is 30.3 Å². The molecule has 1 aromatic carbocycles. The quantitative estimate of drug-likeness (QED) is 0.779. The monoisotopic (exact) mass is 333 g/mol. The standard InChI is InChI=1S/C13H20BrNO2S/c1-11(2)13(14)10-15-18(16,17)9-8-12-6-4-3-5-7-12/h3-7,11,13,15H,8-10H2,1-2H3. The smallest absolute Gasteiger partial charge is 0.211 e. The fraction of sp³-hybridized carbons (Fsp3) is 0.538. The summed E-state index contributed by atoms with van der Waals surface area (Å²) in [6, 6.07) is 9.65. The lowest BCUT2D eigenvalue weighted by atomic mass is 10.1. The Kier molecular flexibility index (Phi) is 6.32. The van der Waals surface area contributed by atoms with E-state index in [1.54, 1.807) is 0 Å². The third-order valence-electron chi connectivity index (χ3n) is 2.72. The molecule has 1 unspecified atom stereocenters. The SMILES string of the molecule is CC(C)C(Br)CNS(=O)(=O)CCc1ccccc1. The van der Waals surface area contributed by atoms with Crippen molar-refractivity contribution in [1.29, 1.82) is 0 Å². The Labute approximate surface area is 118 Å². The van der Waals surface area contributed by atoms with Gasteiger partial charge in [-0.3, -0.25) is 0 Å². The van der Waals surface area contributed by atoms with Crippen LogP contribution in [0.4, 0.5) is 0 Å². The van der Waals surface area contributed by atoms with Crippen LogP contribution in [0.1, 0.15) is 19.4 Å². The number of halogens is 1. The molecule has 0 aliphatic heterocycles. The lowest BCUT2D eigenvalue weighted by Gasteiger charge is -2.14. The van der Waals surface area contributed by atoms with Crippen molar-refractivity contribution in [1.82, 2.24) is 4.72 Å². The van der Waals surface area contributed by atoms with Crippen LogP contribution in [-0.2, 0) is 16.4 Å². The first-order chi connectivity index (χ1) is 8.41. The molecule has 0 spiro atoms. The highest BCUT2D eigenvalue weighted by Crippen LogP contribution is 2.11. The van der Waals surface area contributed by atoms with E-state index in [1.807, 2.05) is 30.3 Å². The second kappa shape index (κ2) is 7.26. The lowest BCUT2D eigenvalue weighted by molar-refractivity contribution is 0.562. The van der Waals surface area contributed by atoms with E-state index >= 15 is 0 Å². The molecule has 0 bridgehead atoms. The van der Waals surface area contributed by atoms with E-state index in [1.165, 1.54) is 0 Å². The Morgan fingerprint density at radius 2 is 1.83 bits per heavy atom. The van der Waals surface area contributed by atoms with Crippen LogP contribution >= 0.6 is 15.9 Å². The van der Waals surface area contributed by atoms with Gasteiger partial charge in [-0.05, 0) is 17.9 Å². The molecule has 0 saturated carbocycles. The van der Waals surface area contributed by atoms with E-state index in [4.69, 9.17) is 0 Å². The van der Waals surface area contributed by atoms with E-state index in [9.17, 15) is 8.42 Å². The van der Waals surface area contributed by atoms with Crippen LogP contribution in [0.3, 0.4) is 0 Å². The van der Waals surface area contributed by atoms with Gasteiger partial charge in [-0.2, -0.15) is 0 Å². The molecular weight excluding hydrogens is 314 g/mol. The summed E-state index contributed by atoms with van der Waals surface area (Å²) in [6.07, 6.45) is 0.546. The molecule has 0 fully saturated rings. The van der Waals surface area contributed by atoms with E-state index < -0.39 is 10.0 Å². The van der Waals surface area contributed by atoms with Crippen molar-refractivity contribution in [3.05, 3.63) is 35.9 Å². The molecule has 0 heterocycles. The molecule has 1 rings (SSSR count). The second-order valence-corrected chi connectivity index (χ2v) is 7.77. The molecule has 0 aliphatic carbocycles. The van der Waals surface area contributed by atoms with Crippen LogP contribution in [0.25, 0.3) is 0 Å². The van der Waals surface area contributed by atoms with Crippen molar-refractivity contribution in [2.24, 2.45) is 5.92 Å². The van der Waals surface area contributed by atoms with Crippen LogP contribution in [0, 0.1) is 5.92 Å². The van der Waals surface area contributed by atoms with Crippen molar-refractivity contribution in [3.63, 3.8) is 0 Å². The Balaban J connectivity index is 2.41. The Morgan fingerprint density at radius 3 is 2.39 bits per heavy atom. The number of hydrogen-bond acceptors (Lipinski definition) is 2. The molecule has 1 aromatic rings. The number of benzene rings is 1. The van der Waals surface area contributed by atoms with Gasteiger partial charge in [0, 0.05) is 11.4 Å². The summed E-state index contributed by atoms with van der Waals surface area (Å²) in [4.78, 5) is 0.170. The van der Waals surface area contributed by atoms with E-state index in [0.717, 1.165) is 5.56 Å².